The minimum absolute atomic E-state index is 0.274. The van der Waals surface area contributed by atoms with Crippen molar-refractivity contribution in [3.63, 3.8) is 0 Å². The first kappa shape index (κ1) is 24.7. The van der Waals surface area contributed by atoms with Crippen LogP contribution in [0.2, 0.25) is 0 Å². The van der Waals surface area contributed by atoms with Crippen molar-refractivity contribution in [3.05, 3.63) is 54.2 Å². The molecule has 0 saturated heterocycles. The lowest BCUT2D eigenvalue weighted by Crippen LogP contribution is -2.32. The summed E-state index contributed by atoms with van der Waals surface area (Å²) in [5.74, 6) is 0.755. The van der Waals surface area contributed by atoms with Crippen LogP contribution in [-0.4, -0.2) is 49.2 Å². The summed E-state index contributed by atoms with van der Waals surface area (Å²) in [6.07, 6.45) is 4.91. The third kappa shape index (κ3) is 6.10. The molecule has 0 fully saturated rings. The van der Waals surface area contributed by atoms with Crippen molar-refractivity contribution in [2.75, 3.05) is 25.5 Å². The van der Waals surface area contributed by atoms with Crippen LogP contribution < -0.4 is 15.5 Å². The molecule has 2 aromatic carbocycles. The van der Waals surface area contributed by atoms with Gasteiger partial charge in [-0.1, -0.05) is 13.8 Å². The maximum atomic E-state index is 13.1. The van der Waals surface area contributed by atoms with Gasteiger partial charge in [0.15, 0.2) is 5.11 Å². The predicted molar refractivity (Wildman–Crippen MR) is 138 cm³/mol. The summed E-state index contributed by atoms with van der Waals surface area (Å²) in [6.45, 7) is 4.95. The quantitative estimate of drug-likeness (QED) is 0.224. The van der Waals surface area contributed by atoms with Gasteiger partial charge in [-0.2, -0.15) is 9.41 Å². The maximum absolute atomic E-state index is 13.1. The molecule has 0 aliphatic rings. The summed E-state index contributed by atoms with van der Waals surface area (Å²) in [7, 11) is -1.96. The highest BCUT2D eigenvalue weighted by molar-refractivity contribution is 7.89. The van der Waals surface area contributed by atoms with E-state index in [0.717, 1.165) is 40.7 Å². The van der Waals surface area contributed by atoms with E-state index in [-0.39, 0.29) is 4.90 Å². The van der Waals surface area contributed by atoms with E-state index in [1.807, 2.05) is 38.1 Å². The number of anilines is 1. The molecule has 3 rings (SSSR count). The molecule has 3 aromatic rings. The Labute approximate surface area is 200 Å². The zero-order valence-corrected chi connectivity index (χ0v) is 20.6. The Kier molecular flexibility index (Phi) is 8.43. The Bertz CT molecular complexity index is 1210. The molecule has 0 amide bonds. The molecular weight excluding hydrogens is 458 g/mol. The normalized spacial score (nSPS) is 11.9. The van der Waals surface area contributed by atoms with Crippen LogP contribution in [0.1, 0.15) is 32.3 Å². The number of thiocarbonyl (C=S) groups is 1. The van der Waals surface area contributed by atoms with Crippen molar-refractivity contribution < 1.29 is 13.2 Å². The summed E-state index contributed by atoms with van der Waals surface area (Å²) in [6, 6.07) is 12.5. The molecule has 1 aromatic heterocycles. The number of aromatic amines is 1. The second-order valence-electron chi connectivity index (χ2n) is 7.41. The molecular formula is C23H29N5O3S2. The van der Waals surface area contributed by atoms with Gasteiger partial charge >= 0.3 is 0 Å². The molecule has 0 saturated carbocycles. The third-order valence-corrected chi connectivity index (χ3v) is 7.07. The van der Waals surface area contributed by atoms with Crippen LogP contribution in [0.25, 0.3) is 10.9 Å². The van der Waals surface area contributed by atoms with Gasteiger partial charge in [0, 0.05) is 41.4 Å². The highest BCUT2D eigenvalue weighted by Gasteiger charge is 2.23. The summed E-state index contributed by atoms with van der Waals surface area (Å²) in [5.41, 5.74) is 5.15. The molecule has 0 bridgehead atoms. The van der Waals surface area contributed by atoms with E-state index in [2.05, 4.69) is 20.8 Å². The van der Waals surface area contributed by atoms with E-state index in [1.165, 1.54) is 0 Å². The molecule has 33 heavy (non-hydrogen) atoms. The van der Waals surface area contributed by atoms with Crippen molar-refractivity contribution >= 4 is 50.2 Å². The molecule has 0 radical (unpaired) electrons. The van der Waals surface area contributed by atoms with E-state index in [4.69, 9.17) is 17.0 Å². The Morgan fingerprint density at radius 3 is 2.48 bits per heavy atom. The number of hydrogen-bond donors (Lipinski definition) is 3. The van der Waals surface area contributed by atoms with E-state index in [9.17, 15) is 8.42 Å². The van der Waals surface area contributed by atoms with Crippen LogP contribution in [-0.2, 0) is 10.0 Å². The van der Waals surface area contributed by atoms with Gasteiger partial charge in [-0.25, -0.2) is 8.42 Å². The minimum atomic E-state index is -3.57. The number of aromatic nitrogens is 1. The number of sulfonamides is 1. The van der Waals surface area contributed by atoms with Gasteiger partial charge in [0.25, 0.3) is 0 Å². The van der Waals surface area contributed by atoms with Crippen molar-refractivity contribution in [2.24, 2.45) is 5.10 Å². The number of nitrogens with zero attached hydrogens (tertiary/aromatic N) is 2. The van der Waals surface area contributed by atoms with E-state index < -0.39 is 10.0 Å². The summed E-state index contributed by atoms with van der Waals surface area (Å²) in [5, 5.41) is 8.33. The topological polar surface area (TPSA) is 98.8 Å². The van der Waals surface area contributed by atoms with Crippen LogP contribution in [0.5, 0.6) is 5.75 Å². The number of hydrazone groups is 1. The molecule has 0 unspecified atom stereocenters. The number of methoxy groups -OCH3 is 1. The van der Waals surface area contributed by atoms with Crippen molar-refractivity contribution in [1.82, 2.24) is 14.7 Å². The molecule has 0 spiro atoms. The number of rotatable bonds is 10. The first-order valence-electron chi connectivity index (χ1n) is 10.7. The first-order chi connectivity index (χ1) is 15.9. The molecule has 1 heterocycles. The molecule has 3 N–H and O–H groups in total. The van der Waals surface area contributed by atoms with Crippen LogP contribution in [0, 0.1) is 0 Å². The van der Waals surface area contributed by atoms with Gasteiger partial charge in [0.1, 0.15) is 5.75 Å². The standard InChI is InChI=1S/C23H29N5O3S2/c1-4-12-28(13-5-2)33(29,30)20-10-11-22-21(14-20)17(15-24-22)16-25-27-23(32)26-18-6-8-19(31-3)9-7-18/h6-11,14-16,24H,4-5,12-13H2,1-3H3,(H2,26,27,32). The fourth-order valence-corrected chi connectivity index (χ4v) is 5.20. The average Bonchev–Trinajstić information content (AvgIpc) is 3.21. The van der Waals surface area contributed by atoms with E-state index in [1.54, 1.807) is 42.0 Å². The van der Waals surface area contributed by atoms with Crippen molar-refractivity contribution in [3.8, 4) is 5.75 Å². The molecule has 176 valence electrons. The third-order valence-electron chi connectivity index (χ3n) is 4.99. The number of benzene rings is 2. The number of nitrogens with one attached hydrogen (secondary N) is 3. The lowest BCUT2D eigenvalue weighted by atomic mass is 10.2. The SMILES string of the molecule is CCCN(CCC)S(=O)(=O)c1ccc2[nH]cc(C=NNC(=S)Nc3ccc(OC)cc3)c2c1. The summed E-state index contributed by atoms with van der Waals surface area (Å²) >= 11 is 5.28. The van der Waals surface area contributed by atoms with Crippen molar-refractivity contribution in [1.29, 1.82) is 0 Å². The molecule has 10 heteroatoms. The van der Waals surface area contributed by atoms with Crippen LogP contribution in [0.4, 0.5) is 5.69 Å². The van der Waals surface area contributed by atoms with Crippen LogP contribution in [0.15, 0.2) is 58.7 Å². The second-order valence-corrected chi connectivity index (χ2v) is 9.75. The highest BCUT2D eigenvalue weighted by atomic mass is 32.2. The summed E-state index contributed by atoms with van der Waals surface area (Å²) in [4.78, 5) is 3.42. The number of ether oxygens (including phenoxy) is 1. The second kappa shape index (κ2) is 11.3. The van der Waals surface area contributed by atoms with Gasteiger partial charge in [-0.3, -0.25) is 5.43 Å². The predicted octanol–water partition coefficient (Wildman–Crippen LogP) is 4.31. The number of hydrogen-bond acceptors (Lipinski definition) is 5. The minimum Gasteiger partial charge on any atom is -0.497 e. The molecule has 0 atom stereocenters. The first-order valence-corrected chi connectivity index (χ1v) is 12.6. The fraction of sp³-hybridized carbons (Fsp3) is 0.304. The van der Waals surface area contributed by atoms with Crippen molar-refractivity contribution in [2.45, 2.75) is 31.6 Å². The van der Waals surface area contributed by atoms with Crippen LogP contribution in [0.3, 0.4) is 0 Å². The molecule has 0 aliphatic carbocycles. The number of fused-ring (bicyclic) bond motifs is 1. The Hall–Kier alpha value is -2.95. The largest absolute Gasteiger partial charge is 0.497 e. The smallest absolute Gasteiger partial charge is 0.243 e. The van der Waals surface area contributed by atoms with Gasteiger partial charge in [-0.05, 0) is 67.5 Å². The van der Waals surface area contributed by atoms with Gasteiger partial charge < -0.3 is 15.0 Å². The Morgan fingerprint density at radius 2 is 1.85 bits per heavy atom. The van der Waals surface area contributed by atoms with Gasteiger partial charge in [-0.15, -0.1) is 0 Å². The van der Waals surface area contributed by atoms with Crippen LogP contribution >= 0.6 is 12.2 Å². The lowest BCUT2D eigenvalue weighted by Gasteiger charge is -2.21. The maximum Gasteiger partial charge on any atom is 0.243 e. The molecule has 8 nitrogen and oxygen atoms in total. The van der Waals surface area contributed by atoms with Gasteiger partial charge in [0.2, 0.25) is 10.0 Å². The number of H-pyrrole nitrogens is 1. The zero-order valence-electron chi connectivity index (χ0n) is 19.0. The van der Waals surface area contributed by atoms with E-state index in [0.29, 0.717) is 18.2 Å². The summed E-state index contributed by atoms with van der Waals surface area (Å²) < 4.78 is 33.0. The highest BCUT2D eigenvalue weighted by Crippen LogP contribution is 2.24. The molecule has 0 aliphatic heterocycles. The van der Waals surface area contributed by atoms with Gasteiger partial charge in [0.05, 0.1) is 18.2 Å². The Balaban J connectivity index is 1.74. The monoisotopic (exact) mass is 487 g/mol. The fourth-order valence-electron chi connectivity index (χ4n) is 3.38. The Morgan fingerprint density at radius 1 is 1.15 bits per heavy atom. The van der Waals surface area contributed by atoms with E-state index >= 15 is 0 Å². The average molecular weight is 488 g/mol. The zero-order chi connectivity index (χ0) is 23.8. The lowest BCUT2D eigenvalue weighted by molar-refractivity contribution is 0.410.